The fraction of sp³-hybridized carbons (Fsp3) is 0.556. The number of likely N-dealkylation sites (tertiary alicyclic amines) is 1. The number of rotatable bonds is 5. The molecule has 4 unspecified atom stereocenters. The van der Waals surface area contributed by atoms with E-state index in [0.29, 0.717) is 42.3 Å². The molecule has 0 spiro atoms. The van der Waals surface area contributed by atoms with Crippen molar-refractivity contribution in [1.82, 2.24) is 0 Å². The van der Waals surface area contributed by atoms with E-state index in [1.807, 2.05) is 54.6 Å². The third-order valence-corrected chi connectivity index (χ3v) is 10.2. The molecular weight excluding hydrogens is 418 g/mol. The number of sulfonamides is 1. The smallest absolute Gasteiger partial charge is 0.327 e. The zero-order valence-electron chi connectivity index (χ0n) is 19.7. The van der Waals surface area contributed by atoms with Crippen LogP contribution < -0.4 is 0 Å². The summed E-state index contributed by atoms with van der Waals surface area (Å²) in [5.41, 5.74) is 2.21. The maximum absolute atomic E-state index is 14.2. The molecule has 174 valence electrons. The Bertz CT molecular complexity index is 1010. The van der Waals surface area contributed by atoms with Crippen LogP contribution in [0.5, 0.6) is 0 Å². The summed E-state index contributed by atoms with van der Waals surface area (Å²) in [6.07, 6.45) is 3.96. The number of benzene rings is 2. The Kier molecular flexibility index (Phi) is 6.54. The van der Waals surface area contributed by atoms with Gasteiger partial charge in [-0.1, -0.05) is 63.2 Å². The van der Waals surface area contributed by atoms with E-state index in [-0.39, 0.29) is 15.9 Å². The van der Waals surface area contributed by atoms with Gasteiger partial charge in [0.15, 0.2) is 0 Å². The largest absolute Gasteiger partial charge is 0.396 e. The Hall–Kier alpha value is -1.69. The lowest BCUT2D eigenvalue weighted by atomic mass is 9.71. The van der Waals surface area contributed by atoms with Crippen molar-refractivity contribution in [2.45, 2.75) is 63.3 Å². The first-order chi connectivity index (χ1) is 15.1. The summed E-state index contributed by atoms with van der Waals surface area (Å²) in [6.45, 7) is 8.51. The van der Waals surface area contributed by atoms with E-state index in [0.717, 1.165) is 36.8 Å². The van der Waals surface area contributed by atoms with Gasteiger partial charge in [0.05, 0.1) is 13.1 Å². The van der Waals surface area contributed by atoms with Crippen LogP contribution in [0.1, 0.15) is 57.6 Å². The van der Waals surface area contributed by atoms with Gasteiger partial charge < -0.3 is 5.11 Å². The van der Waals surface area contributed by atoms with Gasteiger partial charge >= 0.3 is 10.0 Å². The van der Waals surface area contributed by atoms with Gasteiger partial charge in [-0.25, -0.2) is 3.89 Å². The second-order valence-electron chi connectivity index (χ2n) is 11.0. The molecule has 1 N–H and O–H groups in total. The van der Waals surface area contributed by atoms with Crippen molar-refractivity contribution >= 4 is 10.0 Å². The molecule has 1 saturated heterocycles. The molecule has 2 aliphatic rings. The second kappa shape index (κ2) is 8.92. The molecule has 0 radical (unpaired) electrons. The number of nitrogens with zero attached hydrogens (tertiary/aromatic N) is 1. The van der Waals surface area contributed by atoms with Gasteiger partial charge in [-0.2, -0.15) is 8.42 Å². The molecule has 1 heterocycles. The number of hydrogen-bond acceptors (Lipinski definition) is 3. The number of quaternary nitrogens is 1. The summed E-state index contributed by atoms with van der Waals surface area (Å²) in [7, 11) is -3.57. The number of hydrogen-bond donors (Lipinski definition) is 1. The van der Waals surface area contributed by atoms with Gasteiger partial charge in [0.1, 0.15) is 11.4 Å². The van der Waals surface area contributed by atoms with E-state index >= 15 is 0 Å². The summed E-state index contributed by atoms with van der Waals surface area (Å²) in [6, 6.07) is 17.7. The van der Waals surface area contributed by atoms with Crippen molar-refractivity contribution in [3.63, 3.8) is 0 Å². The van der Waals surface area contributed by atoms with Crippen molar-refractivity contribution in [2.24, 2.45) is 17.8 Å². The first kappa shape index (κ1) is 23.5. The minimum atomic E-state index is -3.57. The lowest BCUT2D eigenvalue weighted by Crippen LogP contribution is -2.59. The third-order valence-electron chi connectivity index (χ3n) is 7.82. The highest BCUT2D eigenvalue weighted by Crippen LogP contribution is 2.44. The highest BCUT2D eigenvalue weighted by Gasteiger charge is 2.50. The van der Waals surface area contributed by atoms with E-state index in [1.165, 1.54) is 0 Å². The Morgan fingerprint density at radius 3 is 2.25 bits per heavy atom. The summed E-state index contributed by atoms with van der Waals surface area (Å²) >= 11 is 0. The van der Waals surface area contributed by atoms with Crippen LogP contribution in [-0.4, -0.2) is 37.1 Å². The molecular formula is C27H38NO3S+. The summed E-state index contributed by atoms with van der Waals surface area (Å²) < 4.78 is 28.5. The molecule has 1 aliphatic heterocycles. The van der Waals surface area contributed by atoms with Gasteiger partial charge in [0, 0.05) is 24.5 Å². The highest BCUT2D eigenvalue weighted by atomic mass is 32.2. The fourth-order valence-electron chi connectivity index (χ4n) is 5.82. The van der Waals surface area contributed by atoms with Crippen molar-refractivity contribution < 1.29 is 17.4 Å². The van der Waals surface area contributed by atoms with Crippen molar-refractivity contribution in [1.29, 1.82) is 0 Å². The molecule has 32 heavy (non-hydrogen) atoms. The molecule has 2 aromatic rings. The van der Waals surface area contributed by atoms with Crippen LogP contribution in [0, 0.1) is 17.8 Å². The van der Waals surface area contributed by atoms with Crippen LogP contribution in [-0.2, 0) is 22.0 Å². The van der Waals surface area contributed by atoms with E-state index in [2.05, 4.69) is 20.8 Å². The minimum absolute atomic E-state index is 0.0116. The van der Waals surface area contributed by atoms with Crippen LogP contribution >= 0.6 is 0 Å². The maximum atomic E-state index is 14.2. The van der Waals surface area contributed by atoms with Crippen LogP contribution in [0.15, 0.2) is 59.5 Å². The van der Waals surface area contributed by atoms with Gasteiger partial charge in [-0.15, -0.1) is 0 Å². The van der Waals surface area contributed by atoms with E-state index < -0.39 is 10.0 Å². The van der Waals surface area contributed by atoms with Crippen LogP contribution in [0.3, 0.4) is 0 Å². The maximum Gasteiger partial charge on any atom is 0.327 e. The van der Waals surface area contributed by atoms with Gasteiger partial charge in [-0.3, -0.25) is 0 Å². The SMILES string of the molecule is CC(C)(C)c1ccc(S(=O)(=O)[N+]2(Cc3ccccc3)CCC3CC(CO)CCC3C2)cc1. The molecule has 5 heteroatoms. The Morgan fingerprint density at radius 1 is 0.938 bits per heavy atom. The molecule has 4 nitrogen and oxygen atoms in total. The topological polar surface area (TPSA) is 54.4 Å². The van der Waals surface area contributed by atoms with Crippen molar-refractivity contribution in [2.75, 3.05) is 19.7 Å². The van der Waals surface area contributed by atoms with Gasteiger partial charge in [-0.05, 0) is 54.2 Å². The summed E-state index contributed by atoms with van der Waals surface area (Å²) in [5.74, 6) is 1.31. The molecule has 0 amide bonds. The third kappa shape index (κ3) is 4.52. The van der Waals surface area contributed by atoms with Crippen LogP contribution in [0.4, 0.5) is 0 Å². The Morgan fingerprint density at radius 2 is 1.62 bits per heavy atom. The first-order valence-electron chi connectivity index (χ1n) is 12.0. The molecule has 0 aromatic heterocycles. The second-order valence-corrected chi connectivity index (χ2v) is 13.2. The molecule has 1 aliphatic carbocycles. The molecule has 2 aromatic carbocycles. The fourth-order valence-corrected chi connectivity index (χ4v) is 7.80. The number of aliphatic hydroxyl groups excluding tert-OH is 1. The number of fused-ring (bicyclic) bond motifs is 1. The number of aliphatic hydroxyl groups is 1. The summed E-state index contributed by atoms with van der Waals surface area (Å²) in [4.78, 5) is 0.434. The van der Waals surface area contributed by atoms with E-state index in [4.69, 9.17) is 0 Å². The van der Waals surface area contributed by atoms with E-state index in [1.54, 1.807) is 0 Å². The normalized spacial score (nSPS) is 28.8. The lowest BCUT2D eigenvalue weighted by molar-refractivity contribution is -0.832. The van der Waals surface area contributed by atoms with Gasteiger partial charge in [0.25, 0.3) is 0 Å². The molecule has 2 fully saturated rings. The molecule has 0 bridgehead atoms. The standard InChI is InChI=1S/C27H38NO3S/c1-27(2,3)25-11-13-26(14-12-25)32(30,31)28(18-21-7-5-4-6-8-21)16-15-23-17-22(20-29)9-10-24(23)19-28/h4-8,11-14,22-24,29H,9-10,15-20H2,1-3H3/q+1. The highest BCUT2D eigenvalue weighted by molar-refractivity contribution is 7.86. The van der Waals surface area contributed by atoms with Gasteiger partial charge in [0.2, 0.25) is 0 Å². The molecule has 1 saturated carbocycles. The average Bonchev–Trinajstić information content (AvgIpc) is 2.78. The number of piperidine rings is 1. The zero-order chi connectivity index (χ0) is 23.0. The predicted molar refractivity (Wildman–Crippen MR) is 128 cm³/mol. The zero-order valence-corrected chi connectivity index (χ0v) is 20.5. The Balaban J connectivity index is 1.70. The van der Waals surface area contributed by atoms with Crippen LogP contribution in [0.25, 0.3) is 0 Å². The minimum Gasteiger partial charge on any atom is -0.396 e. The van der Waals surface area contributed by atoms with Crippen molar-refractivity contribution in [3.05, 3.63) is 65.7 Å². The monoisotopic (exact) mass is 456 g/mol. The first-order valence-corrected chi connectivity index (χ1v) is 13.5. The molecule has 4 atom stereocenters. The quantitative estimate of drug-likeness (QED) is 0.636. The van der Waals surface area contributed by atoms with Crippen molar-refractivity contribution in [3.8, 4) is 0 Å². The van der Waals surface area contributed by atoms with Crippen LogP contribution in [0.2, 0.25) is 0 Å². The molecule has 4 rings (SSSR count). The Labute approximate surface area is 193 Å². The lowest BCUT2D eigenvalue weighted by Gasteiger charge is -2.48. The average molecular weight is 457 g/mol. The summed E-state index contributed by atoms with van der Waals surface area (Å²) in [5, 5.41) is 9.64. The van der Waals surface area contributed by atoms with E-state index in [9.17, 15) is 13.5 Å². The predicted octanol–water partition coefficient (Wildman–Crippen LogP) is 5.12.